The predicted molar refractivity (Wildman–Crippen MR) is 147 cm³/mol. The van der Waals surface area contributed by atoms with Crippen molar-refractivity contribution in [2.45, 2.75) is 20.0 Å². The highest BCUT2D eigenvalue weighted by Crippen LogP contribution is 2.44. The van der Waals surface area contributed by atoms with Crippen molar-refractivity contribution in [2.24, 2.45) is 7.05 Å². The molecule has 2 aromatic heterocycles. The first-order valence-electron chi connectivity index (χ1n) is 12.6. The van der Waals surface area contributed by atoms with E-state index in [1.165, 1.54) is 11.3 Å². The van der Waals surface area contributed by atoms with E-state index in [-0.39, 0.29) is 5.82 Å². The molecular weight excluding hydrogens is 459 g/mol. The average molecular weight is 486 g/mol. The van der Waals surface area contributed by atoms with E-state index >= 15 is 4.39 Å². The summed E-state index contributed by atoms with van der Waals surface area (Å²) in [6, 6.07) is 30.4. The molecule has 0 bridgehead atoms. The fourth-order valence-corrected chi connectivity index (χ4v) is 5.81. The summed E-state index contributed by atoms with van der Waals surface area (Å²) in [4.78, 5) is 2.34. The molecule has 1 aliphatic heterocycles. The number of benzene rings is 4. The number of anilines is 1. The van der Waals surface area contributed by atoms with Gasteiger partial charge in [0.25, 0.3) is 0 Å². The van der Waals surface area contributed by atoms with Crippen molar-refractivity contribution in [3.63, 3.8) is 0 Å². The molecule has 7 rings (SSSR count). The van der Waals surface area contributed by atoms with Crippen LogP contribution in [0.25, 0.3) is 44.3 Å². The van der Waals surface area contributed by atoms with Crippen LogP contribution >= 0.6 is 0 Å². The quantitative estimate of drug-likeness (QED) is 0.239. The summed E-state index contributed by atoms with van der Waals surface area (Å²) in [5.41, 5.74) is 9.61. The van der Waals surface area contributed by atoms with E-state index in [1.54, 1.807) is 6.07 Å². The molecular formula is C33H26FN2O+. The zero-order chi connectivity index (χ0) is 25.1. The van der Waals surface area contributed by atoms with Gasteiger partial charge in [0.2, 0.25) is 5.69 Å². The summed E-state index contributed by atoms with van der Waals surface area (Å²) in [5.74, 6) is -0.262. The normalized spacial score (nSPS) is 13.0. The lowest BCUT2D eigenvalue weighted by molar-refractivity contribution is -0.660. The highest BCUT2D eigenvalue weighted by Gasteiger charge is 2.27. The fraction of sp³-hybridized carbons (Fsp3) is 0.121. The third kappa shape index (κ3) is 3.36. The minimum absolute atomic E-state index is 0.262. The van der Waals surface area contributed by atoms with Gasteiger partial charge in [0.15, 0.2) is 6.20 Å². The zero-order valence-electron chi connectivity index (χ0n) is 20.8. The van der Waals surface area contributed by atoms with E-state index in [0.717, 1.165) is 57.4 Å². The molecule has 0 N–H and O–H groups in total. The minimum Gasteiger partial charge on any atom is -0.454 e. The van der Waals surface area contributed by atoms with Crippen molar-refractivity contribution >= 4 is 27.6 Å². The average Bonchev–Trinajstić information content (AvgIpc) is 3.52. The largest absolute Gasteiger partial charge is 0.454 e. The van der Waals surface area contributed by atoms with Crippen molar-refractivity contribution in [2.75, 3.05) is 4.90 Å². The van der Waals surface area contributed by atoms with Gasteiger partial charge in [-0.1, -0.05) is 48.5 Å². The van der Waals surface area contributed by atoms with Gasteiger partial charge in [0.1, 0.15) is 24.0 Å². The van der Waals surface area contributed by atoms with Crippen LogP contribution in [-0.4, -0.2) is 0 Å². The zero-order valence-corrected chi connectivity index (χ0v) is 20.8. The maximum atomic E-state index is 15.7. The number of furan rings is 1. The van der Waals surface area contributed by atoms with E-state index < -0.39 is 0 Å². The van der Waals surface area contributed by atoms with Gasteiger partial charge in [-0.3, -0.25) is 0 Å². The van der Waals surface area contributed by atoms with Crippen LogP contribution in [-0.2, 0) is 20.1 Å². The Morgan fingerprint density at radius 1 is 0.757 bits per heavy atom. The molecule has 0 amide bonds. The SMILES string of the molecule is Cc1ccc2c(oc3c(-c4cccc5c4CN(c4ccccc4)C5)c(F)ccc32)c1-c1cccc[n+]1C. The number of hydrogen-bond donors (Lipinski definition) is 0. The molecule has 180 valence electrons. The van der Waals surface area contributed by atoms with Crippen LogP contribution in [0.4, 0.5) is 10.1 Å². The number of halogens is 1. The van der Waals surface area contributed by atoms with E-state index in [1.807, 2.05) is 49.6 Å². The Hall–Kier alpha value is -4.44. The Labute approximate surface area is 215 Å². The molecule has 4 heteroatoms. The van der Waals surface area contributed by atoms with Crippen LogP contribution in [0.3, 0.4) is 0 Å². The summed E-state index contributed by atoms with van der Waals surface area (Å²) in [5, 5.41) is 1.93. The highest BCUT2D eigenvalue weighted by atomic mass is 19.1. The van der Waals surface area contributed by atoms with Gasteiger partial charge in [-0.05, 0) is 59.5 Å². The van der Waals surface area contributed by atoms with Gasteiger partial charge >= 0.3 is 0 Å². The summed E-state index contributed by atoms with van der Waals surface area (Å²) in [6.07, 6.45) is 2.03. The first kappa shape index (κ1) is 21.8. The van der Waals surface area contributed by atoms with E-state index in [9.17, 15) is 0 Å². The molecule has 0 spiro atoms. The van der Waals surface area contributed by atoms with Crippen molar-refractivity contribution in [3.05, 3.63) is 120 Å². The molecule has 4 aromatic carbocycles. The van der Waals surface area contributed by atoms with E-state index in [2.05, 4.69) is 64.9 Å². The number of rotatable bonds is 3. The van der Waals surface area contributed by atoms with Gasteiger partial charge in [0.05, 0.1) is 11.1 Å². The van der Waals surface area contributed by atoms with Crippen molar-refractivity contribution in [3.8, 4) is 22.4 Å². The Bertz CT molecular complexity index is 1820. The maximum Gasteiger partial charge on any atom is 0.216 e. The summed E-state index contributed by atoms with van der Waals surface area (Å²) >= 11 is 0. The smallest absolute Gasteiger partial charge is 0.216 e. The molecule has 1 aliphatic rings. The van der Waals surface area contributed by atoms with Gasteiger partial charge in [-0.25, -0.2) is 8.96 Å². The number of pyridine rings is 1. The Balaban J connectivity index is 1.46. The minimum atomic E-state index is -0.262. The third-order valence-electron chi connectivity index (χ3n) is 7.65. The number of aryl methyl sites for hydroxylation is 2. The van der Waals surface area contributed by atoms with Crippen molar-refractivity contribution < 1.29 is 13.4 Å². The predicted octanol–water partition coefficient (Wildman–Crippen LogP) is 7.71. The summed E-state index contributed by atoms with van der Waals surface area (Å²) in [6.45, 7) is 3.63. The van der Waals surface area contributed by atoms with Crippen LogP contribution < -0.4 is 9.47 Å². The molecule has 3 heterocycles. The lowest BCUT2D eigenvalue weighted by Crippen LogP contribution is -2.30. The molecule has 3 nitrogen and oxygen atoms in total. The standard InChI is InChI=1S/C33H26FN2O/c1-21-14-15-25-26-16-17-28(34)31(33(26)37-32(25)30(21)29-13-6-7-18-35(29)2)24-12-8-9-22-19-36(20-27(22)24)23-10-4-3-5-11-23/h3-18H,19-20H2,1-2H3/q+1. The fourth-order valence-electron chi connectivity index (χ4n) is 5.81. The number of aromatic nitrogens is 1. The van der Waals surface area contributed by atoms with E-state index in [4.69, 9.17) is 4.42 Å². The monoisotopic (exact) mass is 485 g/mol. The molecule has 0 saturated carbocycles. The van der Waals surface area contributed by atoms with Crippen LogP contribution in [0.5, 0.6) is 0 Å². The molecule has 0 fully saturated rings. The van der Waals surface area contributed by atoms with Crippen LogP contribution in [0, 0.1) is 12.7 Å². The van der Waals surface area contributed by atoms with Gasteiger partial charge in [-0.15, -0.1) is 0 Å². The third-order valence-corrected chi connectivity index (χ3v) is 7.65. The molecule has 0 radical (unpaired) electrons. The highest BCUT2D eigenvalue weighted by molar-refractivity contribution is 6.13. The Morgan fingerprint density at radius 2 is 1.51 bits per heavy atom. The van der Waals surface area contributed by atoms with Crippen LogP contribution in [0.2, 0.25) is 0 Å². The van der Waals surface area contributed by atoms with Crippen LogP contribution in [0.1, 0.15) is 16.7 Å². The first-order chi connectivity index (χ1) is 18.1. The van der Waals surface area contributed by atoms with Crippen LogP contribution in [0.15, 0.2) is 102 Å². The Morgan fingerprint density at radius 3 is 2.32 bits per heavy atom. The van der Waals surface area contributed by atoms with Gasteiger partial charge < -0.3 is 9.32 Å². The molecule has 0 unspecified atom stereocenters. The summed E-state index contributed by atoms with van der Waals surface area (Å²) in [7, 11) is 2.03. The second-order valence-corrected chi connectivity index (χ2v) is 9.87. The molecule has 6 aromatic rings. The first-order valence-corrected chi connectivity index (χ1v) is 12.6. The number of nitrogens with zero attached hydrogens (tertiary/aromatic N) is 2. The molecule has 0 atom stereocenters. The molecule has 0 saturated heterocycles. The second-order valence-electron chi connectivity index (χ2n) is 9.87. The lowest BCUT2D eigenvalue weighted by Gasteiger charge is -2.17. The Kier molecular flexibility index (Phi) is 4.90. The van der Waals surface area contributed by atoms with E-state index in [0.29, 0.717) is 11.1 Å². The summed E-state index contributed by atoms with van der Waals surface area (Å²) < 4.78 is 24.5. The van der Waals surface area contributed by atoms with Crippen molar-refractivity contribution in [1.29, 1.82) is 0 Å². The van der Waals surface area contributed by atoms with Gasteiger partial charge in [0, 0.05) is 41.7 Å². The maximum absolute atomic E-state index is 15.7. The second kappa shape index (κ2) is 8.31. The number of para-hydroxylation sites is 1. The number of hydrogen-bond acceptors (Lipinski definition) is 2. The van der Waals surface area contributed by atoms with Gasteiger partial charge in [-0.2, -0.15) is 0 Å². The van der Waals surface area contributed by atoms with Crippen molar-refractivity contribution in [1.82, 2.24) is 0 Å². The number of fused-ring (bicyclic) bond motifs is 4. The molecule has 37 heavy (non-hydrogen) atoms. The topological polar surface area (TPSA) is 20.3 Å². The lowest BCUT2D eigenvalue weighted by atomic mass is 9.94. The molecule has 0 aliphatic carbocycles.